The molecule has 0 N–H and O–H groups in total. The highest BCUT2D eigenvalue weighted by Crippen LogP contribution is 2.17. The van der Waals surface area contributed by atoms with Crippen LogP contribution in [0.1, 0.15) is 25.7 Å². The van der Waals surface area contributed by atoms with Gasteiger partial charge in [-0.2, -0.15) is 8.42 Å². The van der Waals surface area contributed by atoms with Gasteiger partial charge in [0.2, 0.25) is 0 Å². The first kappa shape index (κ1) is 14.3. The van der Waals surface area contributed by atoms with Crippen LogP contribution in [0.5, 0.6) is 0 Å². The van der Waals surface area contributed by atoms with E-state index in [2.05, 4.69) is 9.74 Å². The maximum absolute atomic E-state index is 11.9. The average molecular weight is 302 g/mol. The molecule has 0 amide bonds. The number of hydrogen-bond acceptors (Lipinski definition) is 3. The molecule has 0 aromatic heterocycles. The highest BCUT2D eigenvalue weighted by Gasteiger charge is 2.14. The van der Waals surface area contributed by atoms with Gasteiger partial charge in [-0.15, -0.1) is 0 Å². The summed E-state index contributed by atoms with van der Waals surface area (Å²) in [5.74, 6) is 0. The van der Waals surface area contributed by atoms with E-state index in [1.807, 2.05) is 0 Å². The largest absolute Gasteiger partial charge is 0.301 e. The summed E-state index contributed by atoms with van der Waals surface area (Å²) in [5.41, 5.74) is 0. The van der Waals surface area contributed by atoms with Gasteiger partial charge in [0.1, 0.15) is 0 Å². The lowest BCUT2D eigenvalue weighted by molar-refractivity contribution is 0.283. The number of rotatable bonds is 3. The van der Waals surface area contributed by atoms with Crippen molar-refractivity contribution in [3.63, 3.8) is 0 Å². The molecule has 1 heterocycles. The number of benzene rings is 1. The molecule has 1 aliphatic rings. The Morgan fingerprint density at radius 2 is 1.58 bits per heavy atom. The maximum atomic E-state index is 11.9. The van der Waals surface area contributed by atoms with E-state index in [0.29, 0.717) is 5.02 Å². The summed E-state index contributed by atoms with van der Waals surface area (Å²) < 4.78 is 27.4. The van der Waals surface area contributed by atoms with Crippen LogP contribution in [0.3, 0.4) is 0 Å². The van der Waals surface area contributed by atoms with Crippen molar-refractivity contribution in [3.05, 3.63) is 29.3 Å². The number of halogens is 1. The molecule has 104 valence electrons. The van der Waals surface area contributed by atoms with Crippen LogP contribution in [0.15, 0.2) is 38.9 Å². The average Bonchev–Trinajstić information content (AvgIpc) is 2.65. The summed E-state index contributed by atoms with van der Waals surface area (Å²) in [4.78, 5) is 0.107. The first-order valence-electron chi connectivity index (χ1n) is 6.26. The molecule has 0 radical (unpaired) electrons. The van der Waals surface area contributed by atoms with Crippen molar-refractivity contribution in [1.82, 2.24) is 5.01 Å². The van der Waals surface area contributed by atoms with Crippen molar-refractivity contribution in [2.75, 3.05) is 13.1 Å². The van der Waals surface area contributed by atoms with E-state index < -0.39 is 10.0 Å². The van der Waals surface area contributed by atoms with Gasteiger partial charge in [0, 0.05) is 18.1 Å². The number of nitrogens with zero attached hydrogens (tertiary/aromatic N) is 3. The van der Waals surface area contributed by atoms with Crippen molar-refractivity contribution < 1.29 is 8.42 Å². The molecule has 7 heteroatoms. The molecule has 2 rings (SSSR count). The second kappa shape index (κ2) is 6.34. The lowest BCUT2D eigenvalue weighted by atomic mass is 10.2. The summed E-state index contributed by atoms with van der Waals surface area (Å²) in [7, 11) is -3.73. The Labute approximate surface area is 118 Å². The van der Waals surface area contributed by atoms with E-state index in [1.54, 1.807) is 5.01 Å². The van der Waals surface area contributed by atoms with Gasteiger partial charge in [-0.25, -0.2) is 0 Å². The fourth-order valence-corrected chi connectivity index (χ4v) is 2.80. The van der Waals surface area contributed by atoms with E-state index in [-0.39, 0.29) is 4.90 Å². The van der Waals surface area contributed by atoms with Crippen molar-refractivity contribution in [1.29, 1.82) is 0 Å². The van der Waals surface area contributed by atoms with Gasteiger partial charge in [0.05, 0.1) is 4.90 Å². The predicted octanol–water partition coefficient (Wildman–Crippen LogP) is 3.27. The normalized spacial score (nSPS) is 17.6. The minimum absolute atomic E-state index is 0.107. The smallest absolute Gasteiger partial charge is 0.278 e. The second-order valence-corrected chi connectivity index (χ2v) is 6.49. The summed E-state index contributed by atoms with van der Waals surface area (Å²) >= 11 is 5.72. The maximum Gasteiger partial charge on any atom is 0.301 e. The van der Waals surface area contributed by atoms with Crippen LogP contribution in [0, 0.1) is 0 Å². The van der Waals surface area contributed by atoms with Gasteiger partial charge in [-0.3, -0.25) is 5.01 Å². The van der Waals surface area contributed by atoms with Gasteiger partial charge in [0.15, 0.2) is 0 Å². The Balaban J connectivity index is 2.09. The van der Waals surface area contributed by atoms with Crippen molar-refractivity contribution in [2.45, 2.75) is 30.6 Å². The highest BCUT2D eigenvalue weighted by molar-refractivity contribution is 7.90. The van der Waals surface area contributed by atoms with Gasteiger partial charge in [-0.1, -0.05) is 29.7 Å². The van der Waals surface area contributed by atoms with E-state index in [0.717, 1.165) is 38.8 Å². The van der Waals surface area contributed by atoms with Crippen molar-refractivity contribution in [3.8, 4) is 0 Å². The molecule has 5 nitrogen and oxygen atoms in total. The zero-order chi connectivity index (χ0) is 13.7. The van der Waals surface area contributed by atoms with Crippen molar-refractivity contribution >= 4 is 21.6 Å². The molecular weight excluding hydrogens is 286 g/mol. The highest BCUT2D eigenvalue weighted by atomic mass is 35.5. The Bertz CT molecular complexity index is 535. The lowest BCUT2D eigenvalue weighted by Crippen LogP contribution is -2.17. The van der Waals surface area contributed by atoms with Crippen LogP contribution in [0.2, 0.25) is 5.02 Å². The van der Waals surface area contributed by atoms with E-state index in [1.165, 1.54) is 24.3 Å². The molecule has 1 aliphatic heterocycles. The van der Waals surface area contributed by atoms with Crippen LogP contribution >= 0.6 is 11.6 Å². The summed E-state index contributed by atoms with van der Waals surface area (Å²) in [6.07, 6.45) is 4.38. The second-order valence-electron chi connectivity index (χ2n) is 4.47. The molecule has 0 spiro atoms. The summed E-state index contributed by atoms with van der Waals surface area (Å²) in [5, 5.41) is 6.06. The quantitative estimate of drug-likeness (QED) is 0.805. The van der Waals surface area contributed by atoms with Crippen LogP contribution in [0.4, 0.5) is 0 Å². The minimum Gasteiger partial charge on any atom is -0.278 e. The molecule has 1 saturated heterocycles. The first-order chi connectivity index (χ1) is 9.08. The molecule has 19 heavy (non-hydrogen) atoms. The molecular formula is C12H16ClN3O2S. The Morgan fingerprint density at radius 1 is 1.00 bits per heavy atom. The lowest BCUT2D eigenvalue weighted by Gasteiger charge is -2.13. The third-order valence-corrected chi connectivity index (χ3v) is 4.37. The molecule has 0 atom stereocenters. The van der Waals surface area contributed by atoms with E-state index in [9.17, 15) is 8.42 Å². The minimum atomic E-state index is -3.73. The zero-order valence-corrected chi connectivity index (χ0v) is 12.1. The van der Waals surface area contributed by atoms with Gasteiger partial charge >= 0.3 is 10.0 Å². The molecule has 1 aromatic rings. The first-order valence-corrected chi connectivity index (χ1v) is 8.08. The fourth-order valence-electron chi connectivity index (χ4n) is 1.90. The standard InChI is InChI=1S/C12H16ClN3O2S/c13-11-5-7-12(8-6-11)19(17,18)15-14-16-9-3-1-2-4-10-16/h5-8H,1-4,9-10H2/b15-14+. The summed E-state index contributed by atoms with van der Waals surface area (Å²) in [6.45, 7) is 1.53. The van der Waals surface area contributed by atoms with Crippen molar-refractivity contribution in [2.24, 2.45) is 9.74 Å². The number of hydrogen-bond donors (Lipinski definition) is 0. The van der Waals surface area contributed by atoms with Gasteiger partial charge < -0.3 is 0 Å². The van der Waals surface area contributed by atoms with Crippen LogP contribution in [-0.2, 0) is 10.0 Å². The number of sulfonamides is 1. The predicted molar refractivity (Wildman–Crippen MR) is 73.5 cm³/mol. The third-order valence-electron chi connectivity index (χ3n) is 2.96. The Kier molecular flexibility index (Phi) is 4.76. The van der Waals surface area contributed by atoms with Gasteiger partial charge in [-0.05, 0) is 41.6 Å². The van der Waals surface area contributed by atoms with Crippen LogP contribution in [-0.4, -0.2) is 26.5 Å². The van der Waals surface area contributed by atoms with Crippen LogP contribution in [0.25, 0.3) is 0 Å². The topological polar surface area (TPSA) is 62.1 Å². The third kappa shape index (κ3) is 4.18. The SMILES string of the molecule is O=S(=O)(/N=N/N1CCCCCC1)c1ccc(Cl)cc1. The molecule has 0 aliphatic carbocycles. The molecule has 0 saturated carbocycles. The molecule has 0 unspecified atom stereocenters. The monoisotopic (exact) mass is 301 g/mol. The van der Waals surface area contributed by atoms with Gasteiger partial charge in [0.25, 0.3) is 0 Å². The zero-order valence-electron chi connectivity index (χ0n) is 10.5. The molecule has 1 fully saturated rings. The van der Waals surface area contributed by atoms with E-state index in [4.69, 9.17) is 11.6 Å². The Morgan fingerprint density at radius 3 is 2.16 bits per heavy atom. The molecule has 1 aromatic carbocycles. The van der Waals surface area contributed by atoms with E-state index >= 15 is 0 Å². The summed E-state index contributed by atoms with van der Waals surface area (Å²) in [6, 6.07) is 5.91. The Hall–Kier alpha value is -1.14. The van der Waals surface area contributed by atoms with Crippen LogP contribution < -0.4 is 0 Å². The molecule has 0 bridgehead atoms. The fraction of sp³-hybridized carbons (Fsp3) is 0.500.